The number of fused-ring (bicyclic) bond motifs is 1. The van der Waals surface area contributed by atoms with Crippen molar-refractivity contribution in [2.24, 2.45) is 0 Å². The molecule has 0 aromatic heterocycles. The molecule has 2 aliphatic rings. The standard InChI is InChI=1S/C16H15N3O6/c1-9(15(23)25-8-12(20)18-7-6-17-16(18)24)19-13(21)10-4-2-3-5-11(10)14(19)22/h2-5,9H,6-8H2,1H3,(H,17,24)/t9-/m1/s1. The van der Waals surface area contributed by atoms with Crippen LogP contribution in [0.15, 0.2) is 24.3 Å². The van der Waals surface area contributed by atoms with Crippen molar-refractivity contribution in [2.75, 3.05) is 19.7 Å². The Bertz CT molecular complexity index is 755. The maximum absolute atomic E-state index is 12.3. The quantitative estimate of drug-likeness (QED) is 0.595. The molecule has 130 valence electrons. The van der Waals surface area contributed by atoms with Crippen LogP contribution in [0.5, 0.6) is 0 Å². The van der Waals surface area contributed by atoms with E-state index in [4.69, 9.17) is 4.74 Å². The molecule has 0 saturated carbocycles. The number of rotatable bonds is 4. The second-order valence-corrected chi connectivity index (χ2v) is 5.59. The molecule has 2 aliphatic heterocycles. The van der Waals surface area contributed by atoms with Gasteiger partial charge in [-0.2, -0.15) is 0 Å². The molecule has 1 atom stereocenters. The van der Waals surface area contributed by atoms with Crippen molar-refractivity contribution in [3.05, 3.63) is 35.4 Å². The largest absolute Gasteiger partial charge is 0.454 e. The third kappa shape index (κ3) is 2.84. The van der Waals surface area contributed by atoms with Gasteiger partial charge in [0, 0.05) is 13.1 Å². The van der Waals surface area contributed by atoms with Crippen molar-refractivity contribution < 1.29 is 28.7 Å². The number of carbonyl (C=O) groups excluding carboxylic acids is 5. The third-order valence-corrected chi connectivity index (χ3v) is 4.05. The van der Waals surface area contributed by atoms with Gasteiger partial charge in [-0.15, -0.1) is 0 Å². The lowest BCUT2D eigenvalue weighted by Gasteiger charge is -2.21. The van der Waals surface area contributed by atoms with Gasteiger partial charge < -0.3 is 10.1 Å². The van der Waals surface area contributed by atoms with Gasteiger partial charge in [-0.05, 0) is 19.1 Å². The number of ether oxygens (including phenoxy) is 1. The van der Waals surface area contributed by atoms with Gasteiger partial charge in [-0.1, -0.05) is 12.1 Å². The molecule has 5 amide bonds. The Hall–Kier alpha value is -3.23. The van der Waals surface area contributed by atoms with Gasteiger partial charge in [0.2, 0.25) is 0 Å². The Morgan fingerprint density at radius 1 is 1.16 bits per heavy atom. The number of esters is 1. The van der Waals surface area contributed by atoms with Gasteiger partial charge in [0.15, 0.2) is 6.61 Å². The lowest BCUT2D eigenvalue weighted by Crippen LogP contribution is -2.45. The molecule has 25 heavy (non-hydrogen) atoms. The second kappa shape index (κ2) is 6.34. The highest BCUT2D eigenvalue weighted by Crippen LogP contribution is 2.24. The van der Waals surface area contributed by atoms with Gasteiger partial charge in [-0.25, -0.2) is 9.59 Å². The lowest BCUT2D eigenvalue weighted by molar-refractivity contribution is -0.153. The van der Waals surface area contributed by atoms with Crippen LogP contribution in [-0.4, -0.2) is 65.3 Å². The number of hydrogen-bond donors (Lipinski definition) is 1. The van der Waals surface area contributed by atoms with Gasteiger partial charge in [0.05, 0.1) is 11.1 Å². The molecule has 0 unspecified atom stereocenters. The fourth-order valence-corrected chi connectivity index (χ4v) is 2.71. The highest BCUT2D eigenvalue weighted by atomic mass is 16.5. The summed E-state index contributed by atoms with van der Waals surface area (Å²) >= 11 is 0. The predicted octanol–water partition coefficient (Wildman–Crippen LogP) is -0.234. The molecule has 1 fully saturated rings. The smallest absolute Gasteiger partial charge is 0.329 e. The molecule has 0 aliphatic carbocycles. The zero-order chi connectivity index (χ0) is 18.1. The third-order valence-electron chi connectivity index (χ3n) is 4.05. The Kier molecular flexibility index (Phi) is 4.22. The summed E-state index contributed by atoms with van der Waals surface area (Å²) in [6.07, 6.45) is 0. The van der Waals surface area contributed by atoms with Crippen molar-refractivity contribution in [2.45, 2.75) is 13.0 Å². The first kappa shape index (κ1) is 16.6. The number of benzene rings is 1. The Morgan fingerprint density at radius 3 is 2.28 bits per heavy atom. The van der Waals surface area contributed by atoms with E-state index in [0.29, 0.717) is 6.54 Å². The van der Waals surface area contributed by atoms with Gasteiger partial charge in [0.1, 0.15) is 6.04 Å². The van der Waals surface area contributed by atoms with Crippen molar-refractivity contribution in [3.63, 3.8) is 0 Å². The van der Waals surface area contributed by atoms with Gasteiger partial charge in [0.25, 0.3) is 17.7 Å². The van der Waals surface area contributed by atoms with E-state index in [-0.39, 0.29) is 17.7 Å². The molecule has 3 rings (SSSR count). The molecular weight excluding hydrogens is 330 g/mol. The van der Waals surface area contributed by atoms with Crippen molar-refractivity contribution in [1.29, 1.82) is 0 Å². The Morgan fingerprint density at radius 2 is 1.76 bits per heavy atom. The van der Waals surface area contributed by atoms with Gasteiger partial charge >= 0.3 is 12.0 Å². The maximum atomic E-state index is 12.3. The fraction of sp³-hybridized carbons (Fsp3) is 0.312. The van der Waals surface area contributed by atoms with Crippen LogP contribution in [0.2, 0.25) is 0 Å². The highest BCUT2D eigenvalue weighted by Gasteiger charge is 2.41. The minimum Gasteiger partial charge on any atom is -0.454 e. The summed E-state index contributed by atoms with van der Waals surface area (Å²) in [4.78, 5) is 61.7. The number of urea groups is 1. The number of nitrogens with zero attached hydrogens (tertiary/aromatic N) is 2. The van der Waals surface area contributed by atoms with Crippen LogP contribution in [-0.2, 0) is 14.3 Å². The minimum absolute atomic E-state index is 0.198. The molecule has 9 heteroatoms. The van der Waals surface area contributed by atoms with Crippen LogP contribution in [0.3, 0.4) is 0 Å². The summed E-state index contributed by atoms with van der Waals surface area (Å²) in [7, 11) is 0. The van der Waals surface area contributed by atoms with Crippen LogP contribution in [0.1, 0.15) is 27.6 Å². The number of nitrogens with one attached hydrogen (secondary N) is 1. The van der Waals surface area contributed by atoms with Gasteiger partial charge in [-0.3, -0.25) is 24.2 Å². The molecular formula is C16H15N3O6. The highest BCUT2D eigenvalue weighted by molar-refractivity contribution is 6.22. The van der Waals surface area contributed by atoms with E-state index in [1.165, 1.54) is 19.1 Å². The van der Waals surface area contributed by atoms with Crippen LogP contribution < -0.4 is 5.32 Å². The van der Waals surface area contributed by atoms with E-state index in [9.17, 15) is 24.0 Å². The van der Waals surface area contributed by atoms with Crippen LogP contribution >= 0.6 is 0 Å². The van der Waals surface area contributed by atoms with Crippen molar-refractivity contribution in [1.82, 2.24) is 15.1 Å². The molecule has 0 bridgehead atoms. The Balaban J connectivity index is 1.63. The van der Waals surface area contributed by atoms with E-state index in [0.717, 1.165) is 9.80 Å². The summed E-state index contributed by atoms with van der Waals surface area (Å²) in [5.74, 6) is -2.74. The molecule has 1 saturated heterocycles. The summed E-state index contributed by atoms with van der Waals surface area (Å²) in [5, 5.41) is 2.46. The molecule has 0 radical (unpaired) electrons. The summed E-state index contributed by atoms with van der Waals surface area (Å²) < 4.78 is 4.88. The number of imide groups is 2. The average Bonchev–Trinajstić information content (AvgIpc) is 3.14. The molecule has 2 heterocycles. The monoisotopic (exact) mass is 345 g/mol. The first-order valence-corrected chi connectivity index (χ1v) is 7.63. The van der Waals surface area contributed by atoms with E-state index >= 15 is 0 Å². The summed E-state index contributed by atoms with van der Waals surface area (Å²) in [5.41, 5.74) is 0.439. The maximum Gasteiger partial charge on any atom is 0.329 e. The topological polar surface area (TPSA) is 113 Å². The van der Waals surface area contributed by atoms with Crippen LogP contribution in [0.4, 0.5) is 4.79 Å². The summed E-state index contributed by atoms with van der Waals surface area (Å²) in [6.45, 7) is 1.24. The average molecular weight is 345 g/mol. The zero-order valence-corrected chi connectivity index (χ0v) is 13.4. The van der Waals surface area contributed by atoms with E-state index < -0.39 is 42.4 Å². The predicted molar refractivity (Wildman–Crippen MR) is 82.5 cm³/mol. The normalized spacial score (nSPS) is 17.4. The minimum atomic E-state index is -1.19. The van der Waals surface area contributed by atoms with Crippen molar-refractivity contribution >= 4 is 29.7 Å². The van der Waals surface area contributed by atoms with Crippen LogP contribution in [0, 0.1) is 0 Å². The Labute approximate surface area is 142 Å². The lowest BCUT2D eigenvalue weighted by atomic mass is 10.1. The number of hydrogen-bond acceptors (Lipinski definition) is 6. The van der Waals surface area contributed by atoms with E-state index in [2.05, 4.69) is 5.32 Å². The van der Waals surface area contributed by atoms with E-state index in [1.54, 1.807) is 12.1 Å². The zero-order valence-electron chi connectivity index (χ0n) is 13.4. The second-order valence-electron chi connectivity index (χ2n) is 5.59. The molecule has 1 aromatic rings. The SMILES string of the molecule is C[C@H](C(=O)OCC(=O)N1CCNC1=O)N1C(=O)c2ccccc2C1=O. The molecule has 9 nitrogen and oxygen atoms in total. The van der Waals surface area contributed by atoms with E-state index in [1.807, 2.05) is 0 Å². The first-order valence-electron chi connectivity index (χ1n) is 7.63. The number of carbonyl (C=O) groups is 5. The van der Waals surface area contributed by atoms with Crippen LogP contribution in [0.25, 0.3) is 0 Å². The molecule has 1 aromatic carbocycles. The molecule has 0 spiro atoms. The summed E-state index contributed by atoms with van der Waals surface area (Å²) in [6, 6.07) is 4.51. The number of amides is 5. The van der Waals surface area contributed by atoms with Crippen molar-refractivity contribution in [3.8, 4) is 0 Å². The first-order chi connectivity index (χ1) is 11.9. The fourth-order valence-electron chi connectivity index (χ4n) is 2.71. The molecule has 1 N–H and O–H groups in total.